The van der Waals surface area contributed by atoms with E-state index in [0.29, 0.717) is 29.6 Å². The number of aryl methyl sites for hydroxylation is 1. The minimum atomic E-state index is -0.579. The predicted octanol–water partition coefficient (Wildman–Crippen LogP) is 5.26. The number of hydrogen-bond acceptors (Lipinski definition) is 2. The molecule has 0 unspecified atom stereocenters. The van der Waals surface area contributed by atoms with Crippen molar-refractivity contribution in [3.63, 3.8) is 0 Å². The highest BCUT2D eigenvalue weighted by Gasteiger charge is 2.26. The van der Waals surface area contributed by atoms with Crippen molar-refractivity contribution in [3.05, 3.63) is 69.7 Å². The lowest BCUT2D eigenvalue weighted by Crippen LogP contribution is -2.47. The highest BCUT2D eigenvalue weighted by atomic mass is 35.5. The first-order chi connectivity index (χ1) is 13.9. The molecule has 2 amide bonds. The lowest BCUT2D eigenvalue weighted by Gasteiger charge is -2.29. The first kappa shape index (κ1) is 23.2. The summed E-state index contributed by atoms with van der Waals surface area (Å²) >= 11 is 12.3. The van der Waals surface area contributed by atoms with E-state index in [1.165, 1.54) is 0 Å². The summed E-state index contributed by atoms with van der Waals surface area (Å²) in [5, 5.41) is 4.17. The standard InChI is InChI=1S/C23H28Cl2N2O2/c1-3-4-14-26-23(29)17(2)27(16-18-8-7-10-20(24)15-18)22(28)13-12-19-9-5-6-11-21(19)25/h5-11,15,17H,3-4,12-14,16H2,1-2H3,(H,26,29)/t17-/m1/s1. The minimum Gasteiger partial charge on any atom is -0.354 e. The zero-order chi connectivity index (χ0) is 21.2. The number of hydrogen-bond donors (Lipinski definition) is 1. The molecule has 0 aliphatic carbocycles. The van der Waals surface area contributed by atoms with Gasteiger partial charge < -0.3 is 10.2 Å². The van der Waals surface area contributed by atoms with Crippen molar-refractivity contribution in [1.82, 2.24) is 10.2 Å². The van der Waals surface area contributed by atoms with Gasteiger partial charge in [0, 0.05) is 29.6 Å². The van der Waals surface area contributed by atoms with Crippen molar-refractivity contribution < 1.29 is 9.59 Å². The number of carbonyl (C=O) groups excluding carboxylic acids is 2. The number of amides is 2. The topological polar surface area (TPSA) is 49.4 Å². The monoisotopic (exact) mass is 434 g/mol. The Bertz CT molecular complexity index is 826. The van der Waals surface area contributed by atoms with Gasteiger partial charge in [0.1, 0.15) is 6.04 Å². The van der Waals surface area contributed by atoms with Crippen LogP contribution in [-0.2, 0) is 22.6 Å². The first-order valence-corrected chi connectivity index (χ1v) is 10.7. The van der Waals surface area contributed by atoms with Crippen LogP contribution in [0.4, 0.5) is 0 Å². The third kappa shape index (κ3) is 7.37. The Morgan fingerprint density at radius 1 is 1.10 bits per heavy atom. The molecule has 0 aromatic heterocycles. The van der Waals surface area contributed by atoms with Crippen molar-refractivity contribution in [2.24, 2.45) is 0 Å². The summed E-state index contributed by atoms with van der Waals surface area (Å²) in [4.78, 5) is 27.3. The molecule has 6 heteroatoms. The van der Waals surface area contributed by atoms with Crippen LogP contribution in [0.15, 0.2) is 48.5 Å². The average molecular weight is 435 g/mol. The number of rotatable bonds is 10. The van der Waals surface area contributed by atoms with Gasteiger partial charge in [-0.25, -0.2) is 0 Å². The van der Waals surface area contributed by atoms with E-state index >= 15 is 0 Å². The van der Waals surface area contributed by atoms with E-state index in [1.807, 2.05) is 42.5 Å². The minimum absolute atomic E-state index is 0.0944. The predicted molar refractivity (Wildman–Crippen MR) is 119 cm³/mol. The Morgan fingerprint density at radius 3 is 2.55 bits per heavy atom. The summed E-state index contributed by atoms with van der Waals surface area (Å²) in [5.74, 6) is -0.241. The maximum atomic E-state index is 13.1. The quantitative estimate of drug-likeness (QED) is 0.518. The lowest BCUT2D eigenvalue weighted by molar-refractivity contribution is -0.140. The molecule has 29 heavy (non-hydrogen) atoms. The molecule has 1 atom stereocenters. The van der Waals surface area contributed by atoms with Crippen LogP contribution >= 0.6 is 23.2 Å². The maximum absolute atomic E-state index is 13.1. The molecule has 156 valence electrons. The lowest BCUT2D eigenvalue weighted by atomic mass is 10.1. The van der Waals surface area contributed by atoms with Crippen LogP contribution in [0.25, 0.3) is 0 Å². The van der Waals surface area contributed by atoms with E-state index in [0.717, 1.165) is 24.0 Å². The van der Waals surface area contributed by atoms with Gasteiger partial charge in [-0.05, 0) is 49.1 Å². The molecule has 0 bridgehead atoms. The fraction of sp³-hybridized carbons (Fsp3) is 0.391. The van der Waals surface area contributed by atoms with Gasteiger partial charge in [0.2, 0.25) is 11.8 Å². The van der Waals surface area contributed by atoms with Gasteiger partial charge >= 0.3 is 0 Å². The second-order valence-corrected chi connectivity index (χ2v) is 7.91. The zero-order valence-electron chi connectivity index (χ0n) is 17.0. The van der Waals surface area contributed by atoms with Crippen molar-refractivity contribution >= 4 is 35.0 Å². The molecular formula is C23H28Cl2N2O2. The molecule has 0 aliphatic rings. The summed E-state index contributed by atoms with van der Waals surface area (Å²) in [6.07, 6.45) is 2.70. The number of halogens is 2. The molecular weight excluding hydrogens is 407 g/mol. The molecule has 0 saturated heterocycles. The van der Waals surface area contributed by atoms with Crippen molar-refractivity contribution in [3.8, 4) is 0 Å². The van der Waals surface area contributed by atoms with Crippen molar-refractivity contribution in [1.29, 1.82) is 0 Å². The van der Waals surface area contributed by atoms with E-state index in [9.17, 15) is 9.59 Å². The molecule has 4 nitrogen and oxygen atoms in total. The first-order valence-electron chi connectivity index (χ1n) is 9.97. The smallest absolute Gasteiger partial charge is 0.242 e. The van der Waals surface area contributed by atoms with Gasteiger partial charge in [-0.15, -0.1) is 0 Å². The molecule has 1 N–H and O–H groups in total. The van der Waals surface area contributed by atoms with Crippen LogP contribution in [-0.4, -0.2) is 29.3 Å². The number of nitrogens with one attached hydrogen (secondary N) is 1. The second-order valence-electron chi connectivity index (χ2n) is 7.06. The Balaban J connectivity index is 2.12. The summed E-state index contributed by atoms with van der Waals surface area (Å²) in [5.41, 5.74) is 1.81. The highest BCUT2D eigenvalue weighted by Crippen LogP contribution is 2.19. The molecule has 0 heterocycles. The molecule has 0 saturated carbocycles. The van der Waals surface area contributed by atoms with E-state index in [2.05, 4.69) is 12.2 Å². The van der Waals surface area contributed by atoms with Crippen molar-refractivity contribution in [2.75, 3.05) is 6.54 Å². The van der Waals surface area contributed by atoms with Crippen molar-refractivity contribution in [2.45, 2.75) is 52.1 Å². The van der Waals surface area contributed by atoms with Crippen LogP contribution in [0.3, 0.4) is 0 Å². The maximum Gasteiger partial charge on any atom is 0.242 e. The van der Waals surface area contributed by atoms with E-state index in [1.54, 1.807) is 17.9 Å². The Kier molecular flexibility index (Phi) is 9.49. The fourth-order valence-electron chi connectivity index (χ4n) is 3.04. The van der Waals surface area contributed by atoms with E-state index < -0.39 is 6.04 Å². The molecule has 0 fully saturated rings. The number of unbranched alkanes of at least 4 members (excludes halogenated alkanes) is 1. The molecule has 2 aromatic carbocycles. The van der Waals surface area contributed by atoms with Gasteiger partial charge in [0.25, 0.3) is 0 Å². The highest BCUT2D eigenvalue weighted by molar-refractivity contribution is 6.31. The van der Waals surface area contributed by atoms with Gasteiger partial charge in [0.15, 0.2) is 0 Å². The Morgan fingerprint density at radius 2 is 1.86 bits per heavy atom. The van der Waals surface area contributed by atoms with Crippen LogP contribution < -0.4 is 5.32 Å². The second kappa shape index (κ2) is 11.8. The van der Waals surface area contributed by atoms with E-state index in [-0.39, 0.29) is 18.2 Å². The zero-order valence-corrected chi connectivity index (χ0v) is 18.5. The Labute approximate surface area is 183 Å². The summed E-state index contributed by atoms with van der Waals surface area (Å²) in [6, 6.07) is 14.3. The Hall–Kier alpha value is -2.04. The van der Waals surface area contributed by atoms with Gasteiger partial charge in [-0.1, -0.05) is 66.9 Å². The molecule has 0 radical (unpaired) electrons. The number of carbonyl (C=O) groups is 2. The molecule has 2 rings (SSSR count). The normalized spacial score (nSPS) is 11.7. The average Bonchev–Trinajstić information content (AvgIpc) is 2.71. The molecule has 0 spiro atoms. The number of nitrogens with zero attached hydrogens (tertiary/aromatic N) is 1. The molecule has 2 aromatic rings. The van der Waals surface area contributed by atoms with E-state index in [4.69, 9.17) is 23.2 Å². The van der Waals surface area contributed by atoms with Crippen LogP contribution in [0.1, 0.15) is 44.2 Å². The third-order valence-corrected chi connectivity index (χ3v) is 5.41. The van der Waals surface area contributed by atoms with Crippen LogP contribution in [0.2, 0.25) is 10.0 Å². The third-order valence-electron chi connectivity index (χ3n) is 4.80. The van der Waals surface area contributed by atoms with Gasteiger partial charge in [-0.2, -0.15) is 0 Å². The summed E-state index contributed by atoms with van der Waals surface area (Å²) < 4.78 is 0. The van der Waals surface area contributed by atoms with Gasteiger partial charge in [-0.3, -0.25) is 9.59 Å². The fourth-order valence-corrected chi connectivity index (χ4v) is 3.48. The van der Waals surface area contributed by atoms with Crippen LogP contribution in [0.5, 0.6) is 0 Å². The number of benzene rings is 2. The largest absolute Gasteiger partial charge is 0.354 e. The summed E-state index contributed by atoms with van der Waals surface area (Å²) in [6.45, 7) is 4.77. The summed E-state index contributed by atoms with van der Waals surface area (Å²) in [7, 11) is 0. The molecule has 0 aliphatic heterocycles. The van der Waals surface area contributed by atoms with Crippen LogP contribution in [0, 0.1) is 0 Å². The van der Waals surface area contributed by atoms with Gasteiger partial charge in [0.05, 0.1) is 0 Å². The SMILES string of the molecule is CCCCNC(=O)[C@@H](C)N(Cc1cccc(Cl)c1)C(=O)CCc1ccccc1Cl.